The van der Waals surface area contributed by atoms with Gasteiger partial charge in [-0.25, -0.2) is 0 Å². The van der Waals surface area contributed by atoms with E-state index in [1.807, 2.05) is 0 Å². The first kappa shape index (κ1) is 15.0. The van der Waals surface area contributed by atoms with Crippen molar-refractivity contribution in [3.63, 3.8) is 0 Å². The quantitative estimate of drug-likeness (QED) is 0.820. The fraction of sp³-hybridized carbons (Fsp3) is 0.562. The number of benzene rings is 1. The maximum absolute atomic E-state index is 12.4. The summed E-state index contributed by atoms with van der Waals surface area (Å²) in [4.78, 5) is 12.4. The summed E-state index contributed by atoms with van der Waals surface area (Å²) in [6.45, 7) is 2.10. The van der Waals surface area contributed by atoms with Crippen LogP contribution in [0.25, 0.3) is 0 Å². The summed E-state index contributed by atoms with van der Waals surface area (Å²) in [5, 5.41) is 3.74. The van der Waals surface area contributed by atoms with Gasteiger partial charge >= 0.3 is 0 Å². The molecule has 5 heteroatoms. The van der Waals surface area contributed by atoms with Gasteiger partial charge in [-0.15, -0.1) is 0 Å². The third kappa shape index (κ3) is 2.86. The van der Waals surface area contributed by atoms with Crippen LogP contribution < -0.4 is 11.1 Å². The Morgan fingerprint density at radius 2 is 1.95 bits per heavy atom. The Kier molecular flexibility index (Phi) is 4.06. The number of fused-ring (bicyclic) bond motifs is 2. The molecule has 21 heavy (non-hydrogen) atoms. The molecular formula is C16H20Cl2N2O. The predicted octanol–water partition coefficient (Wildman–Crippen LogP) is 4.13. The van der Waals surface area contributed by atoms with Crippen LogP contribution in [-0.4, -0.2) is 11.9 Å². The van der Waals surface area contributed by atoms with Crippen molar-refractivity contribution in [2.75, 3.05) is 5.73 Å². The summed E-state index contributed by atoms with van der Waals surface area (Å²) < 4.78 is 0. The van der Waals surface area contributed by atoms with Gasteiger partial charge in [0.1, 0.15) is 0 Å². The highest BCUT2D eigenvalue weighted by Crippen LogP contribution is 2.49. The molecule has 2 aliphatic carbocycles. The lowest BCUT2D eigenvalue weighted by molar-refractivity contribution is 0.0915. The summed E-state index contributed by atoms with van der Waals surface area (Å²) in [5.74, 6) is 2.13. The minimum Gasteiger partial charge on any atom is -0.396 e. The number of anilines is 1. The number of halogens is 2. The van der Waals surface area contributed by atoms with Crippen LogP contribution in [0.3, 0.4) is 0 Å². The van der Waals surface area contributed by atoms with E-state index in [0.29, 0.717) is 27.2 Å². The maximum atomic E-state index is 12.4. The lowest BCUT2D eigenvalue weighted by Crippen LogP contribution is -2.40. The van der Waals surface area contributed by atoms with E-state index in [4.69, 9.17) is 28.9 Å². The monoisotopic (exact) mass is 326 g/mol. The molecule has 4 atom stereocenters. The zero-order chi connectivity index (χ0) is 15.1. The van der Waals surface area contributed by atoms with Gasteiger partial charge in [0.15, 0.2) is 0 Å². The van der Waals surface area contributed by atoms with E-state index in [1.165, 1.54) is 25.7 Å². The van der Waals surface area contributed by atoms with Crippen molar-refractivity contribution in [2.45, 2.75) is 38.6 Å². The maximum Gasteiger partial charge on any atom is 0.251 e. The molecule has 1 aromatic carbocycles. The topological polar surface area (TPSA) is 55.1 Å². The van der Waals surface area contributed by atoms with Crippen LogP contribution in [0.1, 0.15) is 43.0 Å². The van der Waals surface area contributed by atoms with Crippen LogP contribution in [0.15, 0.2) is 12.1 Å². The highest BCUT2D eigenvalue weighted by molar-refractivity contribution is 6.39. The molecule has 0 radical (unpaired) electrons. The molecule has 3 rings (SSSR count). The van der Waals surface area contributed by atoms with Crippen molar-refractivity contribution in [3.05, 3.63) is 27.7 Å². The largest absolute Gasteiger partial charge is 0.396 e. The summed E-state index contributed by atoms with van der Waals surface area (Å²) in [5.41, 5.74) is 6.48. The smallest absolute Gasteiger partial charge is 0.251 e. The first-order valence-electron chi connectivity index (χ1n) is 7.51. The van der Waals surface area contributed by atoms with Gasteiger partial charge in [-0.1, -0.05) is 29.6 Å². The SMILES string of the molecule is CC(NC(=O)c1cc(Cl)c(N)c(Cl)c1)C1CC2CCC1C2. The van der Waals surface area contributed by atoms with Crippen LogP contribution in [0.2, 0.25) is 10.0 Å². The fourth-order valence-electron chi connectivity index (χ4n) is 4.02. The fourth-order valence-corrected chi connectivity index (χ4v) is 4.51. The zero-order valence-electron chi connectivity index (χ0n) is 12.0. The Balaban J connectivity index is 1.69. The van der Waals surface area contributed by atoms with E-state index in [1.54, 1.807) is 12.1 Å². The van der Waals surface area contributed by atoms with Crippen molar-refractivity contribution >= 4 is 34.8 Å². The van der Waals surface area contributed by atoms with Crippen molar-refractivity contribution in [3.8, 4) is 0 Å². The Hall–Kier alpha value is -0.930. The summed E-state index contributed by atoms with van der Waals surface area (Å²) in [7, 11) is 0. The molecule has 4 unspecified atom stereocenters. The number of amides is 1. The Labute approximate surface area is 135 Å². The van der Waals surface area contributed by atoms with Crippen molar-refractivity contribution in [2.24, 2.45) is 17.8 Å². The van der Waals surface area contributed by atoms with Crippen LogP contribution in [0.4, 0.5) is 5.69 Å². The number of nitrogens with one attached hydrogen (secondary N) is 1. The minimum atomic E-state index is -0.130. The third-order valence-electron chi connectivity index (χ3n) is 5.14. The second-order valence-electron chi connectivity index (χ2n) is 6.45. The number of hydrogen-bond donors (Lipinski definition) is 2. The molecule has 2 fully saturated rings. The van der Waals surface area contributed by atoms with Crippen molar-refractivity contribution in [1.29, 1.82) is 0 Å². The van der Waals surface area contributed by atoms with Crippen LogP contribution in [0.5, 0.6) is 0 Å². The highest BCUT2D eigenvalue weighted by atomic mass is 35.5. The van der Waals surface area contributed by atoms with Crippen LogP contribution in [0, 0.1) is 17.8 Å². The number of carbonyl (C=O) groups is 1. The Bertz CT molecular complexity index is 552. The summed E-state index contributed by atoms with van der Waals surface area (Å²) in [6, 6.07) is 3.33. The average molecular weight is 327 g/mol. The molecule has 0 heterocycles. The van der Waals surface area contributed by atoms with E-state index in [9.17, 15) is 4.79 Å². The van der Waals surface area contributed by atoms with Crippen LogP contribution >= 0.6 is 23.2 Å². The van der Waals surface area contributed by atoms with Gasteiger partial charge in [-0.3, -0.25) is 4.79 Å². The van der Waals surface area contributed by atoms with Gasteiger partial charge in [0.2, 0.25) is 0 Å². The first-order chi connectivity index (χ1) is 9.95. The van der Waals surface area contributed by atoms with Gasteiger partial charge < -0.3 is 11.1 Å². The number of carbonyl (C=O) groups excluding carboxylic acids is 1. The van der Waals surface area contributed by atoms with Crippen LogP contribution in [-0.2, 0) is 0 Å². The second-order valence-corrected chi connectivity index (χ2v) is 7.27. The minimum absolute atomic E-state index is 0.130. The lowest BCUT2D eigenvalue weighted by Gasteiger charge is -2.28. The standard InChI is InChI=1S/C16H20Cl2N2O/c1-8(12-5-9-2-3-10(12)4-9)20-16(21)11-6-13(17)15(19)14(18)7-11/h6-10,12H,2-5,19H2,1H3,(H,20,21). The molecule has 3 N–H and O–H groups in total. The molecule has 2 aliphatic rings. The molecule has 0 aromatic heterocycles. The van der Waals surface area contributed by atoms with Gasteiger partial charge in [0.25, 0.3) is 5.91 Å². The molecule has 2 bridgehead atoms. The van der Waals surface area contributed by atoms with E-state index < -0.39 is 0 Å². The van der Waals surface area contributed by atoms with Crippen molar-refractivity contribution in [1.82, 2.24) is 5.32 Å². The molecule has 1 amide bonds. The second kappa shape index (κ2) is 5.69. The number of hydrogen-bond acceptors (Lipinski definition) is 2. The van der Waals surface area contributed by atoms with E-state index in [2.05, 4.69) is 12.2 Å². The van der Waals surface area contributed by atoms with E-state index in [-0.39, 0.29) is 11.9 Å². The normalized spacial score (nSPS) is 28.6. The molecule has 0 saturated heterocycles. The lowest BCUT2D eigenvalue weighted by atomic mass is 9.84. The Morgan fingerprint density at radius 3 is 2.48 bits per heavy atom. The molecule has 3 nitrogen and oxygen atoms in total. The van der Waals surface area contributed by atoms with Gasteiger partial charge in [0, 0.05) is 11.6 Å². The number of nitrogen functional groups attached to an aromatic ring is 1. The molecule has 114 valence electrons. The number of rotatable bonds is 3. The predicted molar refractivity (Wildman–Crippen MR) is 86.7 cm³/mol. The van der Waals surface area contributed by atoms with Gasteiger partial charge in [-0.05, 0) is 56.1 Å². The highest BCUT2D eigenvalue weighted by Gasteiger charge is 2.42. The molecule has 0 spiro atoms. The van der Waals surface area contributed by atoms with Gasteiger partial charge in [-0.2, -0.15) is 0 Å². The Morgan fingerprint density at radius 1 is 1.29 bits per heavy atom. The van der Waals surface area contributed by atoms with Crippen molar-refractivity contribution < 1.29 is 4.79 Å². The molecule has 0 aliphatic heterocycles. The first-order valence-corrected chi connectivity index (χ1v) is 8.26. The summed E-state index contributed by atoms with van der Waals surface area (Å²) >= 11 is 12.0. The van der Waals surface area contributed by atoms with E-state index >= 15 is 0 Å². The molecular weight excluding hydrogens is 307 g/mol. The summed E-state index contributed by atoms with van der Waals surface area (Å²) in [6.07, 6.45) is 5.26. The molecule has 1 aromatic rings. The molecule has 2 saturated carbocycles. The zero-order valence-corrected chi connectivity index (χ0v) is 13.5. The third-order valence-corrected chi connectivity index (χ3v) is 5.76. The van der Waals surface area contributed by atoms with Gasteiger partial charge in [0.05, 0.1) is 15.7 Å². The number of nitrogens with two attached hydrogens (primary N) is 1. The van der Waals surface area contributed by atoms with E-state index in [0.717, 1.165) is 11.8 Å². The average Bonchev–Trinajstić information content (AvgIpc) is 3.06.